The van der Waals surface area contributed by atoms with Crippen LogP contribution < -0.4 is 4.90 Å². The highest BCUT2D eigenvalue weighted by molar-refractivity contribution is 5.50. The zero-order valence-electron chi connectivity index (χ0n) is 7.57. The van der Waals surface area contributed by atoms with E-state index < -0.39 is 0 Å². The van der Waals surface area contributed by atoms with Crippen LogP contribution in [0.4, 0.5) is 5.82 Å². The van der Waals surface area contributed by atoms with Gasteiger partial charge in [-0.05, 0) is 6.92 Å². The maximum atomic E-state index is 4.28. The Labute approximate surface area is 71.5 Å². The van der Waals surface area contributed by atoms with Crippen molar-refractivity contribution in [3.8, 4) is 0 Å². The summed E-state index contributed by atoms with van der Waals surface area (Å²) in [5.41, 5.74) is 2.39. The van der Waals surface area contributed by atoms with Crippen LogP contribution in [-0.4, -0.2) is 22.0 Å². The summed E-state index contributed by atoms with van der Waals surface area (Å²) in [5.74, 6) is 0.975. The molecule has 0 saturated carbocycles. The highest BCUT2D eigenvalue weighted by atomic mass is 15.5. The van der Waals surface area contributed by atoms with Gasteiger partial charge in [-0.25, -0.2) is 0 Å². The summed E-state index contributed by atoms with van der Waals surface area (Å²) in [4.78, 5) is 3.63. The number of aryl methyl sites for hydroxylation is 1. The molecule has 0 atom stereocenters. The molecule has 1 aliphatic rings. The van der Waals surface area contributed by atoms with Gasteiger partial charge in [0.15, 0.2) is 5.82 Å². The first-order valence-corrected chi connectivity index (χ1v) is 3.97. The van der Waals surface area contributed by atoms with Gasteiger partial charge in [0.2, 0.25) is 0 Å². The van der Waals surface area contributed by atoms with Crippen molar-refractivity contribution in [1.82, 2.24) is 15.0 Å². The molecule has 0 aromatic carbocycles. The van der Waals surface area contributed by atoms with Gasteiger partial charge in [0, 0.05) is 26.7 Å². The molecule has 2 heterocycles. The van der Waals surface area contributed by atoms with Gasteiger partial charge < -0.3 is 4.90 Å². The summed E-state index contributed by atoms with van der Waals surface area (Å²) >= 11 is 0. The molecule has 4 heteroatoms. The topological polar surface area (TPSA) is 34.0 Å². The molecule has 0 saturated heterocycles. The SMILES string of the molecule is CC1=CN(C)c2nn(C)nc2C1. The quantitative estimate of drug-likeness (QED) is 0.566. The van der Waals surface area contributed by atoms with Crippen molar-refractivity contribution in [1.29, 1.82) is 0 Å². The summed E-state index contributed by atoms with van der Waals surface area (Å²) in [6.07, 6.45) is 3.02. The maximum absolute atomic E-state index is 4.28. The van der Waals surface area contributed by atoms with Crippen LogP contribution in [0.1, 0.15) is 12.6 Å². The van der Waals surface area contributed by atoms with Crippen LogP contribution in [-0.2, 0) is 13.5 Å². The molecular weight excluding hydrogens is 152 g/mol. The van der Waals surface area contributed by atoms with Gasteiger partial charge in [-0.1, -0.05) is 5.57 Å². The van der Waals surface area contributed by atoms with Gasteiger partial charge in [0.05, 0.1) is 0 Å². The minimum atomic E-state index is 0.924. The molecule has 0 unspecified atom stereocenters. The third-order valence-corrected chi connectivity index (χ3v) is 1.96. The standard InChI is InChI=1S/C8H12N4/c1-6-4-7-8(11(2)5-6)10-12(3)9-7/h5H,4H2,1-3H3. The van der Waals surface area contributed by atoms with Gasteiger partial charge in [0.1, 0.15) is 5.69 Å². The lowest BCUT2D eigenvalue weighted by atomic mass is 10.1. The minimum absolute atomic E-state index is 0.924. The maximum Gasteiger partial charge on any atom is 0.178 e. The van der Waals surface area contributed by atoms with E-state index in [4.69, 9.17) is 0 Å². The molecule has 0 radical (unpaired) electrons. The van der Waals surface area contributed by atoms with Crippen molar-refractivity contribution in [2.45, 2.75) is 13.3 Å². The number of rotatable bonds is 0. The number of nitrogens with zero attached hydrogens (tertiary/aromatic N) is 4. The van der Waals surface area contributed by atoms with Gasteiger partial charge in [0.25, 0.3) is 0 Å². The first-order chi connectivity index (χ1) is 5.66. The van der Waals surface area contributed by atoms with E-state index in [0.717, 1.165) is 17.9 Å². The van der Waals surface area contributed by atoms with Crippen molar-refractivity contribution < 1.29 is 0 Å². The van der Waals surface area contributed by atoms with E-state index in [-0.39, 0.29) is 0 Å². The summed E-state index contributed by atoms with van der Waals surface area (Å²) in [5, 5.41) is 8.53. The predicted molar refractivity (Wildman–Crippen MR) is 46.9 cm³/mol. The number of aromatic nitrogens is 3. The molecule has 0 amide bonds. The first-order valence-electron chi connectivity index (χ1n) is 3.97. The fraction of sp³-hybridized carbons (Fsp3) is 0.500. The van der Waals surface area contributed by atoms with Gasteiger partial charge in [-0.2, -0.15) is 9.90 Å². The van der Waals surface area contributed by atoms with E-state index in [2.05, 4.69) is 23.3 Å². The second kappa shape index (κ2) is 2.33. The number of fused-ring (bicyclic) bond motifs is 1. The lowest BCUT2D eigenvalue weighted by Crippen LogP contribution is -2.16. The fourth-order valence-corrected chi connectivity index (χ4v) is 1.53. The van der Waals surface area contributed by atoms with E-state index in [1.165, 1.54) is 5.57 Å². The third kappa shape index (κ3) is 0.995. The molecule has 0 fully saturated rings. The van der Waals surface area contributed by atoms with Crippen LogP contribution >= 0.6 is 0 Å². The lowest BCUT2D eigenvalue weighted by molar-refractivity contribution is 0.647. The van der Waals surface area contributed by atoms with Crippen LogP contribution in [0.2, 0.25) is 0 Å². The van der Waals surface area contributed by atoms with Crippen molar-refractivity contribution in [2.75, 3.05) is 11.9 Å². The average Bonchev–Trinajstić information content (AvgIpc) is 2.29. The Bertz CT molecular complexity index is 337. The number of hydrogen-bond donors (Lipinski definition) is 0. The Morgan fingerprint density at radius 1 is 1.33 bits per heavy atom. The van der Waals surface area contributed by atoms with E-state index in [9.17, 15) is 0 Å². The third-order valence-electron chi connectivity index (χ3n) is 1.96. The predicted octanol–water partition coefficient (Wildman–Crippen LogP) is 0.711. The second-order valence-corrected chi connectivity index (χ2v) is 3.22. The Morgan fingerprint density at radius 2 is 2.08 bits per heavy atom. The fourth-order valence-electron chi connectivity index (χ4n) is 1.53. The first kappa shape index (κ1) is 7.34. The Morgan fingerprint density at radius 3 is 2.83 bits per heavy atom. The molecule has 0 spiro atoms. The smallest absolute Gasteiger partial charge is 0.178 e. The zero-order chi connectivity index (χ0) is 8.72. The number of hydrogen-bond acceptors (Lipinski definition) is 3. The van der Waals surface area contributed by atoms with Crippen molar-refractivity contribution in [2.24, 2.45) is 7.05 Å². The molecule has 1 aliphatic heterocycles. The summed E-state index contributed by atoms with van der Waals surface area (Å²) in [7, 11) is 3.84. The highest BCUT2D eigenvalue weighted by Gasteiger charge is 2.17. The van der Waals surface area contributed by atoms with Gasteiger partial charge in [-0.3, -0.25) is 0 Å². The molecule has 0 aliphatic carbocycles. The van der Waals surface area contributed by atoms with Crippen LogP contribution in [0.5, 0.6) is 0 Å². The molecule has 2 rings (SSSR count). The highest BCUT2D eigenvalue weighted by Crippen LogP contribution is 2.22. The van der Waals surface area contributed by atoms with Crippen molar-refractivity contribution >= 4 is 5.82 Å². The molecule has 12 heavy (non-hydrogen) atoms. The largest absolute Gasteiger partial charge is 0.333 e. The molecule has 0 N–H and O–H groups in total. The van der Waals surface area contributed by atoms with E-state index in [1.807, 2.05) is 19.0 Å². The minimum Gasteiger partial charge on any atom is -0.333 e. The molecular formula is C8H12N4. The van der Waals surface area contributed by atoms with E-state index >= 15 is 0 Å². The number of allylic oxidation sites excluding steroid dienone is 1. The van der Waals surface area contributed by atoms with Gasteiger partial charge in [-0.15, -0.1) is 5.10 Å². The Balaban J connectivity index is 2.47. The second-order valence-electron chi connectivity index (χ2n) is 3.22. The van der Waals surface area contributed by atoms with Gasteiger partial charge >= 0.3 is 0 Å². The van der Waals surface area contributed by atoms with Crippen molar-refractivity contribution in [3.63, 3.8) is 0 Å². The van der Waals surface area contributed by atoms with Crippen LogP contribution in [0.3, 0.4) is 0 Å². The van der Waals surface area contributed by atoms with Crippen LogP contribution in [0.15, 0.2) is 11.8 Å². The summed E-state index contributed by atoms with van der Waals surface area (Å²) < 4.78 is 0. The van der Waals surface area contributed by atoms with E-state index in [1.54, 1.807) is 4.80 Å². The molecule has 64 valence electrons. The van der Waals surface area contributed by atoms with Crippen LogP contribution in [0, 0.1) is 0 Å². The van der Waals surface area contributed by atoms with Crippen molar-refractivity contribution in [3.05, 3.63) is 17.5 Å². The average molecular weight is 164 g/mol. The summed E-state index contributed by atoms with van der Waals surface area (Å²) in [6.45, 7) is 2.11. The molecule has 0 bridgehead atoms. The molecule has 4 nitrogen and oxygen atoms in total. The molecule has 1 aromatic heterocycles. The van der Waals surface area contributed by atoms with E-state index in [0.29, 0.717) is 0 Å². The monoisotopic (exact) mass is 164 g/mol. The zero-order valence-corrected chi connectivity index (χ0v) is 7.57. The molecule has 1 aromatic rings. The number of anilines is 1. The lowest BCUT2D eigenvalue weighted by Gasteiger charge is -2.17. The summed E-state index contributed by atoms with van der Waals surface area (Å²) in [6, 6.07) is 0. The van der Waals surface area contributed by atoms with Crippen LogP contribution in [0.25, 0.3) is 0 Å². The normalized spacial score (nSPS) is 15.9. The Hall–Kier alpha value is -1.32. The Kier molecular flexibility index (Phi) is 1.43.